The Morgan fingerprint density at radius 2 is 1.80 bits per heavy atom. The van der Waals surface area contributed by atoms with Crippen LogP contribution in [0.2, 0.25) is 0 Å². The van der Waals surface area contributed by atoms with Gasteiger partial charge in [-0.2, -0.15) is 0 Å². The summed E-state index contributed by atoms with van der Waals surface area (Å²) in [5.41, 5.74) is 0.870. The molecule has 1 fully saturated rings. The predicted molar refractivity (Wildman–Crippen MR) is 94.2 cm³/mol. The van der Waals surface area contributed by atoms with Gasteiger partial charge in [-0.25, -0.2) is 13.6 Å². The monoisotopic (exact) mass is 367 g/mol. The summed E-state index contributed by atoms with van der Waals surface area (Å²) in [7, 11) is -3.71. The van der Waals surface area contributed by atoms with Gasteiger partial charge in [0.05, 0.1) is 11.4 Å². The zero-order valence-electron chi connectivity index (χ0n) is 14.4. The number of rotatable bonds is 7. The molecule has 2 amide bonds. The van der Waals surface area contributed by atoms with Gasteiger partial charge < -0.3 is 10.2 Å². The first-order chi connectivity index (χ1) is 11.8. The van der Waals surface area contributed by atoms with Gasteiger partial charge in [0.1, 0.15) is 0 Å². The summed E-state index contributed by atoms with van der Waals surface area (Å²) in [6.45, 7) is 1.87. The molecule has 0 saturated heterocycles. The Morgan fingerprint density at radius 1 is 1.20 bits per heavy atom. The largest absolute Gasteiger partial charge is 0.352 e. The van der Waals surface area contributed by atoms with Crippen LogP contribution in [0.5, 0.6) is 0 Å². The molecule has 0 bridgehead atoms. The Balaban J connectivity index is 1.88. The third-order valence-electron chi connectivity index (χ3n) is 4.42. The number of sulfonamides is 1. The number of primary sulfonamides is 1. The molecule has 0 atom stereocenters. The fourth-order valence-electron chi connectivity index (χ4n) is 2.97. The minimum Gasteiger partial charge on any atom is -0.352 e. The minimum atomic E-state index is -3.71. The van der Waals surface area contributed by atoms with Crippen molar-refractivity contribution < 1.29 is 18.0 Å². The van der Waals surface area contributed by atoms with E-state index in [4.69, 9.17) is 5.14 Å². The number of nitrogens with zero attached hydrogens (tertiary/aromatic N) is 1. The lowest BCUT2D eigenvalue weighted by atomic mass is 10.1. The maximum atomic E-state index is 12.1. The highest BCUT2D eigenvalue weighted by atomic mass is 32.2. The normalized spacial score (nSPS) is 15.1. The van der Waals surface area contributed by atoms with Gasteiger partial charge >= 0.3 is 0 Å². The molecule has 0 spiro atoms. The first-order valence-electron chi connectivity index (χ1n) is 8.42. The third kappa shape index (κ3) is 6.13. The van der Waals surface area contributed by atoms with Gasteiger partial charge in [0, 0.05) is 19.5 Å². The maximum absolute atomic E-state index is 12.1. The van der Waals surface area contributed by atoms with E-state index in [-0.39, 0.29) is 29.3 Å². The lowest BCUT2D eigenvalue weighted by Gasteiger charge is -2.22. The van der Waals surface area contributed by atoms with Crippen molar-refractivity contribution in [1.82, 2.24) is 10.2 Å². The van der Waals surface area contributed by atoms with Crippen molar-refractivity contribution in [2.45, 2.75) is 50.0 Å². The molecule has 0 radical (unpaired) electrons. The Labute approximate surface area is 148 Å². The molecule has 1 aromatic rings. The molecule has 1 aromatic carbocycles. The first kappa shape index (κ1) is 19.4. The Kier molecular flexibility index (Phi) is 6.55. The van der Waals surface area contributed by atoms with Gasteiger partial charge in [-0.1, -0.05) is 25.0 Å². The summed E-state index contributed by atoms with van der Waals surface area (Å²) in [4.78, 5) is 25.4. The maximum Gasteiger partial charge on any atom is 0.239 e. The van der Waals surface area contributed by atoms with Crippen molar-refractivity contribution in [2.75, 3.05) is 13.1 Å². The Bertz CT molecular complexity index is 710. The van der Waals surface area contributed by atoms with Gasteiger partial charge in [-0.05, 0) is 37.0 Å². The van der Waals surface area contributed by atoms with Crippen LogP contribution in [-0.2, 0) is 26.0 Å². The van der Waals surface area contributed by atoms with E-state index >= 15 is 0 Å². The van der Waals surface area contributed by atoms with Crippen LogP contribution >= 0.6 is 0 Å². The van der Waals surface area contributed by atoms with Crippen molar-refractivity contribution in [2.24, 2.45) is 5.14 Å². The summed E-state index contributed by atoms with van der Waals surface area (Å²) in [5.74, 6) is -0.297. The molecule has 0 aliphatic heterocycles. The van der Waals surface area contributed by atoms with E-state index in [1.165, 1.54) is 24.0 Å². The van der Waals surface area contributed by atoms with Crippen LogP contribution < -0.4 is 10.5 Å². The second-order valence-electron chi connectivity index (χ2n) is 6.43. The second kappa shape index (κ2) is 8.44. The number of nitrogens with two attached hydrogens (primary N) is 1. The van der Waals surface area contributed by atoms with Crippen molar-refractivity contribution >= 4 is 21.8 Å². The fourth-order valence-corrected chi connectivity index (χ4v) is 3.49. The van der Waals surface area contributed by atoms with Gasteiger partial charge in [0.15, 0.2) is 0 Å². The number of carbonyl (C=O) groups is 2. The summed E-state index contributed by atoms with van der Waals surface area (Å²) in [6, 6.07) is 6.44. The van der Waals surface area contributed by atoms with Crippen LogP contribution in [0.15, 0.2) is 29.2 Å². The summed E-state index contributed by atoms with van der Waals surface area (Å²) < 4.78 is 22.5. The van der Waals surface area contributed by atoms with E-state index in [1.54, 1.807) is 12.1 Å². The lowest BCUT2D eigenvalue weighted by Crippen LogP contribution is -2.43. The zero-order chi connectivity index (χ0) is 18.4. The zero-order valence-corrected chi connectivity index (χ0v) is 15.2. The highest BCUT2D eigenvalue weighted by molar-refractivity contribution is 7.89. The fraction of sp³-hybridized carbons (Fsp3) is 0.529. The van der Waals surface area contributed by atoms with E-state index in [0.29, 0.717) is 13.0 Å². The smallest absolute Gasteiger partial charge is 0.239 e. The number of carbonyl (C=O) groups excluding carboxylic acids is 2. The van der Waals surface area contributed by atoms with Crippen LogP contribution in [0.3, 0.4) is 0 Å². The molecular weight excluding hydrogens is 342 g/mol. The molecule has 8 heteroatoms. The van der Waals surface area contributed by atoms with Crippen molar-refractivity contribution in [1.29, 1.82) is 0 Å². The van der Waals surface area contributed by atoms with Crippen LogP contribution in [0.25, 0.3) is 0 Å². The van der Waals surface area contributed by atoms with Crippen LogP contribution in [0.1, 0.15) is 38.2 Å². The Hall–Kier alpha value is -1.93. The standard InChI is InChI=1S/C17H25N3O4S/c1-13(21)20(12-17(22)19-15-4-2-3-5-15)11-10-14-6-8-16(9-7-14)25(18,23)24/h6-9,15H,2-5,10-12H2,1H3,(H,19,22)(H2,18,23,24). The molecule has 138 valence electrons. The van der Waals surface area contributed by atoms with E-state index in [0.717, 1.165) is 31.2 Å². The van der Waals surface area contributed by atoms with E-state index in [9.17, 15) is 18.0 Å². The molecule has 3 N–H and O–H groups in total. The quantitative estimate of drug-likeness (QED) is 0.742. The molecule has 0 heterocycles. The molecule has 0 aromatic heterocycles. The average molecular weight is 367 g/mol. The van der Waals surface area contributed by atoms with Crippen molar-refractivity contribution in [3.05, 3.63) is 29.8 Å². The van der Waals surface area contributed by atoms with Gasteiger partial charge in [0.2, 0.25) is 21.8 Å². The number of nitrogens with one attached hydrogen (secondary N) is 1. The number of benzene rings is 1. The topological polar surface area (TPSA) is 110 Å². The lowest BCUT2D eigenvalue weighted by molar-refractivity contribution is -0.134. The van der Waals surface area contributed by atoms with Crippen molar-refractivity contribution in [3.8, 4) is 0 Å². The second-order valence-corrected chi connectivity index (χ2v) is 7.99. The summed E-state index contributed by atoms with van der Waals surface area (Å²) in [5, 5.41) is 8.04. The molecule has 0 unspecified atom stereocenters. The number of hydrogen-bond acceptors (Lipinski definition) is 4. The molecule has 2 rings (SSSR count). The van der Waals surface area contributed by atoms with Crippen LogP contribution in [0.4, 0.5) is 0 Å². The molecule has 25 heavy (non-hydrogen) atoms. The van der Waals surface area contributed by atoms with E-state index in [1.807, 2.05) is 0 Å². The molecular formula is C17H25N3O4S. The van der Waals surface area contributed by atoms with Crippen LogP contribution in [-0.4, -0.2) is 44.3 Å². The third-order valence-corrected chi connectivity index (χ3v) is 5.35. The minimum absolute atomic E-state index is 0.0428. The average Bonchev–Trinajstić information content (AvgIpc) is 3.03. The molecule has 1 saturated carbocycles. The van der Waals surface area contributed by atoms with Crippen molar-refractivity contribution in [3.63, 3.8) is 0 Å². The SMILES string of the molecule is CC(=O)N(CCc1ccc(S(N)(=O)=O)cc1)CC(=O)NC1CCCC1. The van der Waals surface area contributed by atoms with E-state index < -0.39 is 10.0 Å². The molecule has 1 aliphatic rings. The van der Waals surface area contributed by atoms with E-state index in [2.05, 4.69) is 5.32 Å². The van der Waals surface area contributed by atoms with Gasteiger partial charge in [0.25, 0.3) is 0 Å². The molecule has 1 aliphatic carbocycles. The summed E-state index contributed by atoms with van der Waals surface area (Å²) in [6.07, 6.45) is 4.80. The van der Waals surface area contributed by atoms with Gasteiger partial charge in [-0.3, -0.25) is 9.59 Å². The highest BCUT2D eigenvalue weighted by Gasteiger charge is 2.19. The van der Waals surface area contributed by atoms with Crippen LogP contribution in [0, 0.1) is 0 Å². The highest BCUT2D eigenvalue weighted by Crippen LogP contribution is 2.17. The summed E-state index contributed by atoms with van der Waals surface area (Å²) >= 11 is 0. The molecule has 7 nitrogen and oxygen atoms in total. The Morgan fingerprint density at radius 3 is 2.32 bits per heavy atom. The predicted octanol–water partition coefficient (Wildman–Crippen LogP) is 0.784. The number of hydrogen-bond donors (Lipinski definition) is 2. The van der Waals surface area contributed by atoms with Gasteiger partial charge in [-0.15, -0.1) is 0 Å². The number of amides is 2. The first-order valence-corrected chi connectivity index (χ1v) is 9.97.